The van der Waals surface area contributed by atoms with Gasteiger partial charge in [0.1, 0.15) is 5.75 Å². The number of carbonyl (C=O) groups is 2. The molecule has 0 fully saturated rings. The van der Waals surface area contributed by atoms with Crippen LogP contribution in [0.4, 0.5) is 0 Å². The first-order valence-corrected chi connectivity index (χ1v) is 7.71. The van der Waals surface area contributed by atoms with Crippen LogP contribution in [0, 0.1) is 0 Å². The number of para-hydroxylation sites is 1. The van der Waals surface area contributed by atoms with E-state index < -0.39 is 30.3 Å². The van der Waals surface area contributed by atoms with Crippen molar-refractivity contribution in [3.8, 4) is 5.75 Å². The highest BCUT2D eigenvalue weighted by Crippen LogP contribution is 2.44. The Hall–Kier alpha value is -2.82. The first-order chi connectivity index (χ1) is 11.6. The van der Waals surface area contributed by atoms with Gasteiger partial charge in [0.15, 0.2) is 18.3 Å². The molecule has 0 bridgehead atoms. The van der Waals surface area contributed by atoms with Crippen molar-refractivity contribution in [3.63, 3.8) is 0 Å². The summed E-state index contributed by atoms with van der Waals surface area (Å²) < 4.78 is 17.0. The van der Waals surface area contributed by atoms with Crippen molar-refractivity contribution in [3.05, 3.63) is 65.7 Å². The maximum Gasteiger partial charge on any atom is 0.303 e. The molecule has 2 aromatic rings. The summed E-state index contributed by atoms with van der Waals surface area (Å²) in [7, 11) is 0. The third-order valence-corrected chi connectivity index (χ3v) is 3.80. The monoisotopic (exact) mass is 326 g/mol. The smallest absolute Gasteiger partial charge is 0.303 e. The molecule has 0 saturated carbocycles. The van der Waals surface area contributed by atoms with Gasteiger partial charge in [-0.1, -0.05) is 48.5 Å². The second kappa shape index (κ2) is 6.74. The molecule has 1 heterocycles. The van der Waals surface area contributed by atoms with Crippen molar-refractivity contribution in [2.24, 2.45) is 0 Å². The average Bonchev–Trinajstić information content (AvgIpc) is 2.56. The van der Waals surface area contributed by atoms with Crippen molar-refractivity contribution in [1.82, 2.24) is 0 Å². The van der Waals surface area contributed by atoms with Gasteiger partial charge in [0.2, 0.25) is 0 Å². The molecule has 0 aromatic heterocycles. The van der Waals surface area contributed by atoms with E-state index in [0.29, 0.717) is 11.3 Å². The minimum atomic E-state index is -0.760. The Balaban J connectivity index is 2.08. The zero-order valence-electron chi connectivity index (χ0n) is 13.5. The van der Waals surface area contributed by atoms with Crippen LogP contribution in [0.1, 0.15) is 37.2 Å². The molecule has 0 N–H and O–H groups in total. The first-order valence-electron chi connectivity index (χ1n) is 7.71. The van der Waals surface area contributed by atoms with Gasteiger partial charge in [0.25, 0.3) is 0 Å². The fourth-order valence-electron chi connectivity index (χ4n) is 2.89. The highest BCUT2D eigenvalue weighted by Gasteiger charge is 2.43. The lowest BCUT2D eigenvalue weighted by Gasteiger charge is -2.38. The fraction of sp³-hybridized carbons (Fsp3) is 0.263. The number of benzene rings is 2. The molecule has 1 aliphatic rings. The Morgan fingerprint density at radius 2 is 1.50 bits per heavy atom. The molecule has 5 nitrogen and oxygen atoms in total. The van der Waals surface area contributed by atoms with Crippen LogP contribution in [-0.4, -0.2) is 18.0 Å². The summed E-state index contributed by atoms with van der Waals surface area (Å²) in [5.74, 6) is -0.289. The summed E-state index contributed by atoms with van der Waals surface area (Å²) in [5, 5.41) is 0. The second-order valence-electron chi connectivity index (χ2n) is 5.59. The molecule has 1 aliphatic heterocycles. The van der Waals surface area contributed by atoms with E-state index in [9.17, 15) is 9.59 Å². The third kappa shape index (κ3) is 3.25. The molecule has 0 amide bonds. The van der Waals surface area contributed by atoms with Crippen molar-refractivity contribution in [1.29, 1.82) is 0 Å². The lowest BCUT2D eigenvalue weighted by atomic mass is 9.92. The molecule has 0 saturated heterocycles. The van der Waals surface area contributed by atoms with E-state index in [1.165, 1.54) is 13.8 Å². The summed E-state index contributed by atoms with van der Waals surface area (Å²) >= 11 is 0. The SMILES string of the molecule is CC(=O)O[C@@H]1[C@@H](c2ccccc2)Oc2ccccc2[C@H]1OC(C)=O. The Morgan fingerprint density at radius 3 is 2.17 bits per heavy atom. The van der Waals surface area contributed by atoms with Gasteiger partial charge >= 0.3 is 11.9 Å². The van der Waals surface area contributed by atoms with E-state index in [0.717, 1.165) is 5.56 Å². The summed E-state index contributed by atoms with van der Waals surface area (Å²) in [6.07, 6.45) is -2.04. The number of carbonyl (C=O) groups excluding carboxylic acids is 2. The molecule has 5 heteroatoms. The van der Waals surface area contributed by atoms with Crippen LogP contribution >= 0.6 is 0 Å². The normalized spacial score (nSPS) is 22.0. The van der Waals surface area contributed by atoms with E-state index in [2.05, 4.69) is 0 Å². The van der Waals surface area contributed by atoms with E-state index in [1.807, 2.05) is 48.5 Å². The maximum absolute atomic E-state index is 11.6. The minimum absolute atomic E-state index is 0.444. The number of hydrogen-bond donors (Lipinski definition) is 0. The van der Waals surface area contributed by atoms with Gasteiger partial charge in [-0.2, -0.15) is 0 Å². The topological polar surface area (TPSA) is 61.8 Å². The van der Waals surface area contributed by atoms with Crippen LogP contribution in [0.2, 0.25) is 0 Å². The highest BCUT2D eigenvalue weighted by atomic mass is 16.6. The van der Waals surface area contributed by atoms with Gasteiger partial charge in [0, 0.05) is 19.4 Å². The van der Waals surface area contributed by atoms with Crippen molar-refractivity contribution in [2.45, 2.75) is 32.2 Å². The standard InChI is InChI=1S/C19H18O5/c1-12(20)22-18-15-10-6-7-11-16(15)24-17(19(18)23-13(2)21)14-8-4-3-5-9-14/h3-11,17-19H,1-2H3/t17-,18-,19-/m1/s1. The van der Waals surface area contributed by atoms with Gasteiger partial charge < -0.3 is 14.2 Å². The number of hydrogen-bond acceptors (Lipinski definition) is 5. The van der Waals surface area contributed by atoms with Crippen LogP contribution in [0.15, 0.2) is 54.6 Å². The summed E-state index contributed by atoms with van der Waals surface area (Å²) in [6, 6.07) is 16.7. The molecular formula is C19H18O5. The fourth-order valence-corrected chi connectivity index (χ4v) is 2.89. The molecule has 124 valence electrons. The van der Waals surface area contributed by atoms with Gasteiger partial charge in [0.05, 0.1) is 0 Å². The zero-order chi connectivity index (χ0) is 17.1. The molecule has 24 heavy (non-hydrogen) atoms. The van der Waals surface area contributed by atoms with Gasteiger partial charge in [-0.25, -0.2) is 0 Å². The molecule has 3 atom stereocenters. The van der Waals surface area contributed by atoms with Crippen molar-refractivity contribution >= 4 is 11.9 Å². The lowest BCUT2D eigenvalue weighted by molar-refractivity contribution is -0.178. The average molecular weight is 326 g/mol. The van der Waals surface area contributed by atoms with E-state index in [-0.39, 0.29) is 0 Å². The molecule has 3 rings (SSSR count). The molecule has 0 spiro atoms. The first kappa shape index (κ1) is 16.1. The summed E-state index contributed by atoms with van der Waals surface area (Å²) in [5.41, 5.74) is 1.53. The van der Waals surface area contributed by atoms with Crippen molar-refractivity contribution < 1.29 is 23.8 Å². The predicted octanol–water partition coefficient (Wildman–Crippen LogP) is 3.36. The Labute approximate surface area is 140 Å². The molecule has 0 aliphatic carbocycles. The summed E-state index contributed by atoms with van der Waals surface area (Å²) in [6.45, 7) is 2.66. The quantitative estimate of drug-likeness (QED) is 0.809. The Kier molecular flexibility index (Phi) is 4.51. The van der Waals surface area contributed by atoms with Gasteiger partial charge in [-0.05, 0) is 11.6 Å². The summed E-state index contributed by atoms with van der Waals surface area (Å²) in [4.78, 5) is 23.2. The predicted molar refractivity (Wildman–Crippen MR) is 86.3 cm³/mol. The largest absolute Gasteiger partial charge is 0.481 e. The number of ether oxygens (including phenoxy) is 3. The zero-order valence-corrected chi connectivity index (χ0v) is 13.5. The number of esters is 2. The van der Waals surface area contributed by atoms with Gasteiger partial charge in [-0.15, -0.1) is 0 Å². The van der Waals surface area contributed by atoms with Crippen LogP contribution in [0.25, 0.3) is 0 Å². The third-order valence-electron chi connectivity index (χ3n) is 3.80. The highest BCUT2D eigenvalue weighted by molar-refractivity contribution is 5.68. The number of fused-ring (bicyclic) bond motifs is 1. The van der Waals surface area contributed by atoms with E-state index in [4.69, 9.17) is 14.2 Å². The van der Waals surface area contributed by atoms with Gasteiger partial charge in [-0.3, -0.25) is 9.59 Å². The van der Waals surface area contributed by atoms with Crippen LogP contribution < -0.4 is 4.74 Å². The van der Waals surface area contributed by atoms with Crippen LogP contribution in [0.3, 0.4) is 0 Å². The maximum atomic E-state index is 11.6. The Bertz CT molecular complexity index is 740. The molecule has 2 aromatic carbocycles. The Morgan fingerprint density at radius 1 is 0.875 bits per heavy atom. The van der Waals surface area contributed by atoms with Crippen LogP contribution in [-0.2, 0) is 19.1 Å². The number of rotatable bonds is 3. The molecule has 0 unspecified atom stereocenters. The van der Waals surface area contributed by atoms with E-state index >= 15 is 0 Å². The lowest BCUT2D eigenvalue weighted by Crippen LogP contribution is -2.39. The van der Waals surface area contributed by atoms with E-state index in [1.54, 1.807) is 6.07 Å². The molecular weight excluding hydrogens is 308 g/mol. The second-order valence-corrected chi connectivity index (χ2v) is 5.59. The minimum Gasteiger partial charge on any atom is -0.481 e. The van der Waals surface area contributed by atoms with Crippen molar-refractivity contribution in [2.75, 3.05) is 0 Å². The van der Waals surface area contributed by atoms with Crippen LogP contribution in [0.5, 0.6) is 5.75 Å². The molecule has 0 radical (unpaired) electrons.